The molecule has 3 rings (SSSR count). The van der Waals surface area contributed by atoms with Gasteiger partial charge in [-0.2, -0.15) is 0 Å². The van der Waals surface area contributed by atoms with Crippen LogP contribution in [0.1, 0.15) is 71.9 Å². The summed E-state index contributed by atoms with van der Waals surface area (Å²) < 4.78 is 24.6. The number of fused-ring (bicyclic) bond motifs is 1. The summed E-state index contributed by atoms with van der Waals surface area (Å²) >= 11 is 0. The van der Waals surface area contributed by atoms with Crippen molar-refractivity contribution in [3.8, 4) is 5.75 Å². The summed E-state index contributed by atoms with van der Waals surface area (Å²) in [5, 5.41) is 3.59. The zero-order valence-electron chi connectivity index (χ0n) is 17.7. The summed E-state index contributed by atoms with van der Waals surface area (Å²) in [7, 11) is -1.19. The van der Waals surface area contributed by atoms with Gasteiger partial charge in [-0.3, -0.25) is 4.57 Å². The molecule has 0 spiro atoms. The second-order valence-electron chi connectivity index (χ2n) is 8.54. The number of hydrogen-bond donors (Lipinski definition) is 1. The number of nitrogens with one attached hydrogen (secondary N) is 1. The van der Waals surface area contributed by atoms with Crippen LogP contribution in [-0.2, 0) is 4.57 Å². The van der Waals surface area contributed by atoms with Crippen molar-refractivity contribution in [2.45, 2.75) is 90.5 Å². The maximum Gasteiger partial charge on any atom is 0.285 e. The molecule has 1 heterocycles. The maximum atomic E-state index is 14.6. The van der Waals surface area contributed by atoms with Gasteiger partial charge < -0.3 is 4.74 Å². The molecule has 0 radical (unpaired) electrons. The van der Waals surface area contributed by atoms with Gasteiger partial charge >= 0.3 is 0 Å². The Morgan fingerprint density at radius 1 is 1.04 bits per heavy atom. The highest BCUT2D eigenvalue weighted by atomic mass is 31.2. The molecule has 3 atom stereocenters. The van der Waals surface area contributed by atoms with Crippen molar-refractivity contribution in [1.82, 2.24) is 14.4 Å². The first kappa shape index (κ1) is 20.9. The minimum atomic E-state index is -2.88. The van der Waals surface area contributed by atoms with Crippen molar-refractivity contribution >= 4 is 7.59 Å². The Bertz CT molecular complexity index is 666. The molecule has 1 N–H and O–H groups in total. The van der Waals surface area contributed by atoms with Crippen molar-refractivity contribution in [2.75, 3.05) is 7.11 Å². The second-order valence-corrected chi connectivity index (χ2v) is 10.8. The van der Waals surface area contributed by atoms with Gasteiger partial charge in [0.25, 0.3) is 7.59 Å². The minimum absolute atomic E-state index is 0.0198. The van der Waals surface area contributed by atoms with Gasteiger partial charge in [0.15, 0.2) is 0 Å². The van der Waals surface area contributed by atoms with Crippen molar-refractivity contribution in [2.24, 2.45) is 0 Å². The molecular weight excluding hydrogens is 357 g/mol. The fourth-order valence-corrected chi connectivity index (χ4v) is 8.75. The first-order chi connectivity index (χ1) is 12.8. The molecule has 1 aliphatic heterocycles. The van der Waals surface area contributed by atoms with Crippen LogP contribution in [0.4, 0.5) is 0 Å². The summed E-state index contributed by atoms with van der Waals surface area (Å²) in [5.74, 6) is 0.834. The molecule has 1 aromatic carbocycles. The zero-order valence-corrected chi connectivity index (χ0v) is 18.6. The maximum absolute atomic E-state index is 14.6. The first-order valence-corrected chi connectivity index (χ1v) is 12.0. The lowest BCUT2D eigenvalue weighted by Crippen LogP contribution is -2.43. The Balaban J connectivity index is 1.96. The molecule has 1 saturated heterocycles. The quantitative estimate of drug-likeness (QED) is 0.673. The van der Waals surface area contributed by atoms with Crippen LogP contribution in [-0.4, -0.2) is 40.6 Å². The molecule has 0 amide bonds. The molecule has 0 unspecified atom stereocenters. The largest absolute Gasteiger partial charge is 0.497 e. The Morgan fingerprint density at radius 2 is 1.59 bits per heavy atom. The van der Waals surface area contributed by atoms with Gasteiger partial charge in [-0.15, -0.1) is 0 Å². The van der Waals surface area contributed by atoms with E-state index < -0.39 is 7.59 Å². The predicted molar refractivity (Wildman–Crippen MR) is 112 cm³/mol. The van der Waals surface area contributed by atoms with E-state index in [4.69, 9.17) is 4.74 Å². The third-order valence-electron chi connectivity index (χ3n) is 6.01. The molecule has 0 aromatic heterocycles. The molecule has 0 bridgehead atoms. The number of nitrogens with zero attached hydrogens (tertiary/aromatic N) is 2. The van der Waals surface area contributed by atoms with Gasteiger partial charge in [-0.05, 0) is 65.2 Å². The van der Waals surface area contributed by atoms with Gasteiger partial charge in [0.2, 0.25) is 0 Å². The van der Waals surface area contributed by atoms with E-state index in [1.54, 1.807) is 7.11 Å². The van der Waals surface area contributed by atoms with Gasteiger partial charge in [-0.1, -0.05) is 25.0 Å². The van der Waals surface area contributed by atoms with E-state index in [1.807, 2.05) is 18.2 Å². The molecule has 27 heavy (non-hydrogen) atoms. The number of hydrogen-bond acceptors (Lipinski definition) is 2. The average Bonchev–Trinajstić information content (AvgIpc) is 2.89. The second kappa shape index (κ2) is 8.24. The highest BCUT2D eigenvalue weighted by Crippen LogP contribution is 2.63. The predicted octanol–water partition coefficient (Wildman–Crippen LogP) is 5.20. The standard InChI is InChI=1S/C21H36N3O2P/c1-15(2)23-20-12-7-8-13-21(20)24(16(3)4)27(23,25)22-17(5)18-10-9-11-19(14-18)26-6/h9-11,14-17,20-21H,7-8,12-13H2,1-6H3,(H,22,25)/t17-,20-,21-/m0/s1. The molecule has 152 valence electrons. The molecule has 1 aromatic rings. The van der Waals surface area contributed by atoms with Crippen molar-refractivity contribution in [3.05, 3.63) is 29.8 Å². The van der Waals surface area contributed by atoms with Gasteiger partial charge in [-0.25, -0.2) is 14.4 Å². The fourth-order valence-electron chi connectivity index (χ4n) is 4.99. The van der Waals surface area contributed by atoms with E-state index in [0.717, 1.165) is 24.2 Å². The van der Waals surface area contributed by atoms with Crippen LogP contribution in [0.3, 0.4) is 0 Å². The van der Waals surface area contributed by atoms with E-state index in [1.165, 1.54) is 12.8 Å². The Hall–Kier alpha value is -0.870. The smallest absolute Gasteiger partial charge is 0.285 e. The average molecular weight is 394 g/mol. The van der Waals surface area contributed by atoms with Crippen molar-refractivity contribution in [1.29, 1.82) is 0 Å². The van der Waals surface area contributed by atoms with Crippen LogP contribution >= 0.6 is 7.59 Å². The Labute approximate surface area is 165 Å². The lowest BCUT2D eigenvalue weighted by Gasteiger charge is -2.38. The van der Waals surface area contributed by atoms with Crippen LogP contribution in [0.15, 0.2) is 24.3 Å². The summed E-state index contributed by atoms with van der Waals surface area (Å²) in [6, 6.07) is 9.30. The number of ether oxygens (including phenoxy) is 1. The summed E-state index contributed by atoms with van der Waals surface area (Å²) in [5.41, 5.74) is 1.10. The zero-order chi connectivity index (χ0) is 19.8. The third-order valence-corrected chi connectivity index (χ3v) is 9.51. The molecule has 2 fully saturated rings. The van der Waals surface area contributed by atoms with Crippen molar-refractivity contribution in [3.63, 3.8) is 0 Å². The van der Waals surface area contributed by atoms with Crippen molar-refractivity contribution < 1.29 is 9.30 Å². The summed E-state index contributed by atoms with van der Waals surface area (Å²) in [6.07, 6.45) is 4.76. The Kier molecular flexibility index (Phi) is 6.37. The van der Waals surface area contributed by atoms with E-state index >= 15 is 0 Å². The highest BCUT2D eigenvalue weighted by molar-refractivity contribution is 7.57. The molecule has 1 saturated carbocycles. The first-order valence-electron chi connectivity index (χ1n) is 10.4. The van der Waals surface area contributed by atoms with Gasteiger partial charge in [0.1, 0.15) is 5.75 Å². The topological polar surface area (TPSA) is 44.8 Å². The minimum Gasteiger partial charge on any atom is -0.497 e. The SMILES string of the molecule is COc1cccc([C@H](C)NP2(=O)N(C(C)C)[C@H]3CCCC[C@@H]3N2C(C)C)c1. The van der Waals surface area contributed by atoms with E-state index in [0.29, 0.717) is 12.1 Å². The molecule has 1 aliphatic carbocycles. The fraction of sp³-hybridized carbons (Fsp3) is 0.714. The normalized spacial score (nSPS) is 27.1. The number of methoxy groups -OCH3 is 1. The summed E-state index contributed by atoms with van der Waals surface area (Å²) in [6.45, 7) is 10.8. The van der Waals surface area contributed by atoms with Crippen LogP contribution in [0, 0.1) is 0 Å². The van der Waals surface area contributed by atoms with Crippen LogP contribution in [0.25, 0.3) is 0 Å². The Morgan fingerprint density at radius 3 is 2.07 bits per heavy atom. The van der Waals surface area contributed by atoms with E-state index in [9.17, 15) is 4.57 Å². The van der Waals surface area contributed by atoms with E-state index in [2.05, 4.69) is 55.1 Å². The monoisotopic (exact) mass is 393 g/mol. The molecule has 5 nitrogen and oxygen atoms in total. The molecule has 2 aliphatic rings. The van der Waals surface area contributed by atoms with Crippen LogP contribution in [0.5, 0.6) is 5.75 Å². The van der Waals surface area contributed by atoms with E-state index in [-0.39, 0.29) is 18.1 Å². The molecular formula is C21H36N3O2P. The third kappa shape index (κ3) is 3.85. The van der Waals surface area contributed by atoms with Crippen LogP contribution < -0.4 is 9.82 Å². The van der Waals surface area contributed by atoms with Gasteiger partial charge in [0, 0.05) is 30.2 Å². The lowest BCUT2D eigenvalue weighted by molar-refractivity contribution is 0.173. The van der Waals surface area contributed by atoms with Crippen LogP contribution in [0.2, 0.25) is 0 Å². The van der Waals surface area contributed by atoms with Gasteiger partial charge in [0.05, 0.1) is 7.11 Å². The summed E-state index contributed by atoms with van der Waals surface area (Å²) in [4.78, 5) is 0. The molecule has 6 heteroatoms. The number of benzene rings is 1. The lowest BCUT2D eigenvalue weighted by atomic mass is 9.89. The number of rotatable bonds is 6. The highest BCUT2D eigenvalue weighted by Gasteiger charge is 2.57.